The van der Waals surface area contributed by atoms with Crippen molar-refractivity contribution in [2.45, 2.75) is 38.8 Å². The van der Waals surface area contributed by atoms with Crippen molar-refractivity contribution in [3.05, 3.63) is 89.7 Å². The lowest BCUT2D eigenvalue weighted by Crippen LogP contribution is -2.26. The molecule has 3 aromatic carbocycles. The number of imidazole rings is 1. The van der Waals surface area contributed by atoms with E-state index >= 15 is 0 Å². The Morgan fingerprint density at radius 1 is 1.03 bits per heavy atom. The summed E-state index contributed by atoms with van der Waals surface area (Å²) < 4.78 is 7.88. The fourth-order valence-electron chi connectivity index (χ4n) is 4.68. The van der Waals surface area contributed by atoms with E-state index in [-0.39, 0.29) is 18.4 Å². The van der Waals surface area contributed by atoms with E-state index in [2.05, 4.69) is 4.57 Å². The molecule has 1 aliphatic rings. The Morgan fingerprint density at radius 2 is 1.79 bits per heavy atom. The van der Waals surface area contributed by atoms with Crippen molar-refractivity contribution in [1.82, 2.24) is 9.55 Å². The summed E-state index contributed by atoms with van der Waals surface area (Å²) in [7, 11) is 0. The van der Waals surface area contributed by atoms with E-state index in [1.807, 2.05) is 91.5 Å². The number of rotatable bonds is 7. The van der Waals surface area contributed by atoms with E-state index in [0.717, 1.165) is 39.4 Å². The number of para-hydroxylation sites is 2. The number of aliphatic hydroxyl groups excluding tert-OH is 1. The standard InChI is InChI=1S/C28H29N3O3/c1-19-7-5-9-22(13-19)30-16-21(15-27(30)33)28-29-25-11-3-4-12-26(25)31(28)17-23(32)18-34-24-10-6-8-20(2)14-24/h3-14,21,23,32H,15-18H2,1-2H3/t21-,23+/m0/s1. The predicted octanol–water partition coefficient (Wildman–Crippen LogP) is 4.61. The molecule has 2 heterocycles. The Bertz CT molecular complexity index is 1330. The van der Waals surface area contributed by atoms with Crippen LogP contribution in [0.2, 0.25) is 0 Å². The number of fused-ring (bicyclic) bond motifs is 1. The Balaban J connectivity index is 1.38. The second-order valence-corrected chi connectivity index (χ2v) is 9.10. The van der Waals surface area contributed by atoms with Gasteiger partial charge in [0.25, 0.3) is 0 Å². The van der Waals surface area contributed by atoms with Gasteiger partial charge in [-0.2, -0.15) is 0 Å². The molecule has 0 radical (unpaired) electrons. The topological polar surface area (TPSA) is 67.6 Å². The maximum Gasteiger partial charge on any atom is 0.227 e. The van der Waals surface area contributed by atoms with Gasteiger partial charge in [0.15, 0.2) is 0 Å². The maximum atomic E-state index is 12.9. The lowest BCUT2D eigenvalue weighted by Gasteiger charge is -2.19. The van der Waals surface area contributed by atoms with Crippen LogP contribution >= 0.6 is 0 Å². The molecule has 1 fully saturated rings. The third kappa shape index (κ3) is 4.54. The van der Waals surface area contributed by atoms with Gasteiger partial charge >= 0.3 is 0 Å². The first-order valence-corrected chi connectivity index (χ1v) is 11.7. The number of aliphatic hydroxyl groups is 1. The lowest BCUT2D eigenvalue weighted by atomic mass is 10.1. The van der Waals surface area contributed by atoms with Gasteiger partial charge in [-0.1, -0.05) is 36.4 Å². The number of nitrogens with zero attached hydrogens (tertiary/aromatic N) is 3. The minimum absolute atomic E-state index is 0.0506. The SMILES string of the molecule is Cc1cccc(OC[C@H](O)Cn2c([C@H]3CC(=O)N(c4cccc(C)c4)C3)nc3ccccc32)c1. The molecule has 174 valence electrons. The number of benzene rings is 3. The van der Waals surface area contributed by atoms with Gasteiger partial charge in [-0.15, -0.1) is 0 Å². The predicted molar refractivity (Wildman–Crippen MR) is 133 cm³/mol. The third-order valence-corrected chi connectivity index (χ3v) is 6.31. The largest absolute Gasteiger partial charge is 0.491 e. The molecule has 1 aromatic heterocycles. The van der Waals surface area contributed by atoms with Crippen LogP contribution in [0.4, 0.5) is 5.69 Å². The van der Waals surface area contributed by atoms with Crippen LogP contribution in [0.1, 0.15) is 29.3 Å². The number of carbonyl (C=O) groups excluding carboxylic acids is 1. The molecule has 1 N–H and O–H groups in total. The van der Waals surface area contributed by atoms with Crippen LogP contribution < -0.4 is 9.64 Å². The van der Waals surface area contributed by atoms with Crippen molar-refractivity contribution >= 4 is 22.6 Å². The average molecular weight is 456 g/mol. The monoisotopic (exact) mass is 455 g/mol. The molecule has 6 heteroatoms. The zero-order valence-corrected chi connectivity index (χ0v) is 19.5. The molecule has 2 atom stereocenters. The Hall–Kier alpha value is -3.64. The minimum atomic E-state index is -0.721. The fraction of sp³-hybridized carbons (Fsp3) is 0.286. The summed E-state index contributed by atoms with van der Waals surface area (Å²) in [6.07, 6.45) is -0.325. The van der Waals surface area contributed by atoms with Crippen LogP contribution in [0, 0.1) is 13.8 Å². The smallest absolute Gasteiger partial charge is 0.227 e. The molecule has 6 nitrogen and oxygen atoms in total. The molecule has 0 unspecified atom stereocenters. The number of hydrogen-bond acceptors (Lipinski definition) is 4. The van der Waals surface area contributed by atoms with E-state index in [1.165, 1.54) is 0 Å². The normalized spacial score (nSPS) is 16.9. The number of aromatic nitrogens is 2. The van der Waals surface area contributed by atoms with Gasteiger partial charge in [-0.05, 0) is 61.4 Å². The van der Waals surface area contributed by atoms with Crippen LogP contribution in [-0.4, -0.2) is 39.8 Å². The third-order valence-electron chi connectivity index (χ3n) is 6.31. The molecule has 1 saturated heterocycles. The molecule has 4 aromatic rings. The number of carbonyl (C=O) groups is 1. The quantitative estimate of drug-likeness (QED) is 0.442. The highest BCUT2D eigenvalue weighted by Crippen LogP contribution is 2.33. The Kier molecular flexibility index (Phi) is 6.07. The van der Waals surface area contributed by atoms with Crippen LogP contribution in [0.3, 0.4) is 0 Å². The summed E-state index contributed by atoms with van der Waals surface area (Å²) in [6, 6.07) is 23.7. The van der Waals surface area contributed by atoms with Gasteiger partial charge in [0.1, 0.15) is 24.3 Å². The van der Waals surface area contributed by atoms with E-state index < -0.39 is 6.10 Å². The number of anilines is 1. The first-order valence-electron chi connectivity index (χ1n) is 11.7. The van der Waals surface area contributed by atoms with Crippen molar-refractivity contribution in [2.75, 3.05) is 18.1 Å². The van der Waals surface area contributed by atoms with Gasteiger partial charge in [0.2, 0.25) is 5.91 Å². The molecule has 5 rings (SSSR count). The molecule has 0 spiro atoms. The van der Waals surface area contributed by atoms with E-state index in [1.54, 1.807) is 0 Å². The highest BCUT2D eigenvalue weighted by Gasteiger charge is 2.35. The maximum absolute atomic E-state index is 12.9. The summed E-state index contributed by atoms with van der Waals surface area (Å²) in [6.45, 7) is 5.13. The first-order chi connectivity index (χ1) is 16.5. The van der Waals surface area contributed by atoms with Crippen molar-refractivity contribution in [2.24, 2.45) is 0 Å². The molecule has 0 saturated carbocycles. The van der Waals surface area contributed by atoms with E-state index in [9.17, 15) is 9.90 Å². The van der Waals surface area contributed by atoms with Gasteiger partial charge in [-0.3, -0.25) is 4.79 Å². The molecule has 0 bridgehead atoms. The zero-order chi connectivity index (χ0) is 23.7. The summed E-state index contributed by atoms with van der Waals surface area (Å²) >= 11 is 0. The summed E-state index contributed by atoms with van der Waals surface area (Å²) in [5.41, 5.74) is 4.97. The molecular weight excluding hydrogens is 426 g/mol. The van der Waals surface area contributed by atoms with Gasteiger partial charge in [0, 0.05) is 24.6 Å². The Labute approximate surface area is 199 Å². The van der Waals surface area contributed by atoms with Crippen LogP contribution in [0.15, 0.2) is 72.8 Å². The minimum Gasteiger partial charge on any atom is -0.491 e. The van der Waals surface area contributed by atoms with Crippen LogP contribution in [0.25, 0.3) is 11.0 Å². The average Bonchev–Trinajstić information content (AvgIpc) is 3.38. The number of ether oxygens (including phenoxy) is 1. The molecule has 34 heavy (non-hydrogen) atoms. The highest BCUT2D eigenvalue weighted by atomic mass is 16.5. The second-order valence-electron chi connectivity index (χ2n) is 9.10. The number of hydrogen-bond donors (Lipinski definition) is 1. The number of amides is 1. The van der Waals surface area contributed by atoms with E-state index in [4.69, 9.17) is 9.72 Å². The highest BCUT2D eigenvalue weighted by molar-refractivity contribution is 5.96. The second kappa shape index (κ2) is 9.31. The van der Waals surface area contributed by atoms with Gasteiger partial charge < -0.3 is 19.3 Å². The molecule has 0 aliphatic carbocycles. The van der Waals surface area contributed by atoms with Crippen molar-refractivity contribution in [1.29, 1.82) is 0 Å². The fourth-order valence-corrected chi connectivity index (χ4v) is 4.68. The summed E-state index contributed by atoms with van der Waals surface area (Å²) in [5.74, 6) is 1.62. The molecular formula is C28H29N3O3. The van der Waals surface area contributed by atoms with Crippen LogP contribution in [0.5, 0.6) is 5.75 Å². The van der Waals surface area contributed by atoms with Crippen molar-refractivity contribution in [3.63, 3.8) is 0 Å². The van der Waals surface area contributed by atoms with Gasteiger partial charge in [0.05, 0.1) is 17.6 Å². The van der Waals surface area contributed by atoms with Gasteiger partial charge in [-0.25, -0.2) is 4.98 Å². The first kappa shape index (κ1) is 22.2. The van der Waals surface area contributed by atoms with Crippen molar-refractivity contribution in [3.8, 4) is 5.75 Å². The Morgan fingerprint density at radius 3 is 2.59 bits per heavy atom. The lowest BCUT2D eigenvalue weighted by molar-refractivity contribution is -0.117. The van der Waals surface area contributed by atoms with Crippen LogP contribution in [-0.2, 0) is 11.3 Å². The molecule has 1 amide bonds. The van der Waals surface area contributed by atoms with E-state index in [0.29, 0.717) is 19.5 Å². The zero-order valence-electron chi connectivity index (χ0n) is 19.5. The summed E-state index contributed by atoms with van der Waals surface area (Å²) in [4.78, 5) is 19.7. The summed E-state index contributed by atoms with van der Waals surface area (Å²) in [5, 5.41) is 10.8. The molecule has 1 aliphatic heterocycles. The number of aryl methyl sites for hydroxylation is 2. The van der Waals surface area contributed by atoms with Crippen molar-refractivity contribution < 1.29 is 14.6 Å².